The number of aliphatic carboxylic acids is 1. The highest BCUT2D eigenvalue weighted by atomic mass is 79.9. The number of rotatable bonds is 3. The average Bonchev–Trinajstić information content (AvgIpc) is 2.63. The maximum Gasteiger partial charge on any atom is 0.325 e. The fourth-order valence-electron chi connectivity index (χ4n) is 2.07. The summed E-state index contributed by atoms with van der Waals surface area (Å²) in [5, 5.41) is 9.00. The molecule has 0 amide bonds. The number of likely N-dealkylation sites (tertiary alicyclic amines) is 1. The molecule has 0 radical (unpaired) electrons. The Morgan fingerprint density at radius 1 is 1.41 bits per heavy atom. The third kappa shape index (κ3) is 3.28. The van der Waals surface area contributed by atoms with E-state index in [9.17, 15) is 4.79 Å². The zero-order valence-corrected chi connectivity index (χ0v) is 11.2. The van der Waals surface area contributed by atoms with Crippen molar-refractivity contribution < 1.29 is 9.90 Å². The Balaban J connectivity index is 0.00000144. The number of carboxylic acids is 1. The summed E-state index contributed by atoms with van der Waals surface area (Å²) in [7, 11) is 0. The van der Waals surface area contributed by atoms with Crippen LogP contribution in [-0.4, -0.2) is 34.6 Å². The molecule has 1 saturated heterocycles. The zero-order chi connectivity index (χ0) is 11.6. The van der Waals surface area contributed by atoms with E-state index in [0.717, 1.165) is 13.1 Å². The van der Waals surface area contributed by atoms with Crippen LogP contribution in [-0.2, 0) is 11.3 Å². The van der Waals surface area contributed by atoms with Crippen molar-refractivity contribution in [2.24, 2.45) is 5.73 Å². The van der Waals surface area contributed by atoms with Gasteiger partial charge in [0.25, 0.3) is 0 Å². The first kappa shape index (κ1) is 14.2. The van der Waals surface area contributed by atoms with Crippen LogP contribution in [0.4, 0.5) is 0 Å². The lowest BCUT2D eigenvalue weighted by molar-refractivity contribution is -0.142. The SMILES string of the molecule is Br.NC1(C(=O)O)CCN(Cc2ccccc2)C1. The Bertz CT molecular complexity index is 385. The molecule has 0 bridgehead atoms. The summed E-state index contributed by atoms with van der Waals surface area (Å²) < 4.78 is 0. The Labute approximate surface area is 111 Å². The van der Waals surface area contributed by atoms with Gasteiger partial charge in [0.2, 0.25) is 0 Å². The van der Waals surface area contributed by atoms with E-state index in [1.165, 1.54) is 5.56 Å². The van der Waals surface area contributed by atoms with Gasteiger partial charge in [0.05, 0.1) is 0 Å². The highest BCUT2D eigenvalue weighted by Gasteiger charge is 2.40. The number of carboxylic acid groups (broad SMARTS) is 1. The van der Waals surface area contributed by atoms with Crippen molar-refractivity contribution in [2.45, 2.75) is 18.5 Å². The molecule has 1 unspecified atom stereocenters. The fraction of sp³-hybridized carbons (Fsp3) is 0.417. The molecular formula is C12H17BrN2O2. The second-order valence-electron chi connectivity index (χ2n) is 4.41. The average molecular weight is 301 g/mol. The standard InChI is InChI=1S/C12H16N2O2.BrH/c13-12(11(15)16)6-7-14(9-12)8-10-4-2-1-3-5-10;/h1-5H,6-9,13H2,(H,15,16);1H. The van der Waals surface area contributed by atoms with Crippen LogP contribution in [0.3, 0.4) is 0 Å². The molecule has 3 N–H and O–H groups in total. The molecule has 1 fully saturated rings. The van der Waals surface area contributed by atoms with Crippen molar-refractivity contribution in [3.05, 3.63) is 35.9 Å². The summed E-state index contributed by atoms with van der Waals surface area (Å²) in [6.07, 6.45) is 0.523. The number of carbonyl (C=O) groups is 1. The summed E-state index contributed by atoms with van der Waals surface area (Å²) in [6.45, 7) is 1.95. The summed E-state index contributed by atoms with van der Waals surface area (Å²) >= 11 is 0. The molecule has 0 aromatic heterocycles. The number of hydrogen-bond acceptors (Lipinski definition) is 3. The highest BCUT2D eigenvalue weighted by Crippen LogP contribution is 2.20. The van der Waals surface area contributed by atoms with Gasteiger partial charge in [-0.05, 0) is 12.0 Å². The molecule has 1 heterocycles. The fourth-order valence-corrected chi connectivity index (χ4v) is 2.07. The molecule has 1 aromatic rings. The Hall–Kier alpha value is -0.910. The molecule has 0 spiro atoms. The van der Waals surface area contributed by atoms with Crippen molar-refractivity contribution in [1.82, 2.24) is 4.90 Å². The third-order valence-corrected chi connectivity index (χ3v) is 3.05. The van der Waals surface area contributed by atoms with Gasteiger partial charge < -0.3 is 10.8 Å². The van der Waals surface area contributed by atoms with Crippen LogP contribution in [0.2, 0.25) is 0 Å². The van der Waals surface area contributed by atoms with E-state index in [1.54, 1.807) is 0 Å². The van der Waals surface area contributed by atoms with Crippen LogP contribution in [0.15, 0.2) is 30.3 Å². The van der Waals surface area contributed by atoms with Crippen molar-refractivity contribution in [3.63, 3.8) is 0 Å². The molecule has 4 nitrogen and oxygen atoms in total. The minimum Gasteiger partial charge on any atom is -0.480 e. The van der Waals surface area contributed by atoms with E-state index in [4.69, 9.17) is 10.8 Å². The predicted octanol–water partition coefficient (Wildman–Crippen LogP) is 1.25. The van der Waals surface area contributed by atoms with Crippen LogP contribution in [0.5, 0.6) is 0 Å². The molecule has 17 heavy (non-hydrogen) atoms. The van der Waals surface area contributed by atoms with Gasteiger partial charge >= 0.3 is 5.97 Å². The summed E-state index contributed by atoms with van der Waals surface area (Å²) in [5.74, 6) is -0.900. The lowest BCUT2D eigenvalue weighted by Gasteiger charge is -2.19. The molecule has 0 saturated carbocycles. The quantitative estimate of drug-likeness (QED) is 0.882. The largest absolute Gasteiger partial charge is 0.480 e. The van der Waals surface area contributed by atoms with Gasteiger partial charge in [-0.25, -0.2) is 0 Å². The van der Waals surface area contributed by atoms with E-state index in [2.05, 4.69) is 4.90 Å². The van der Waals surface area contributed by atoms with Crippen LogP contribution in [0.1, 0.15) is 12.0 Å². The Morgan fingerprint density at radius 2 is 2.06 bits per heavy atom. The summed E-state index contributed by atoms with van der Waals surface area (Å²) in [4.78, 5) is 13.1. The van der Waals surface area contributed by atoms with Crippen molar-refractivity contribution in [2.75, 3.05) is 13.1 Å². The van der Waals surface area contributed by atoms with Crippen molar-refractivity contribution in [1.29, 1.82) is 0 Å². The monoisotopic (exact) mass is 300 g/mol. The number of nitrogens with two attached hydrogens (primary N) is 1. The molecule has 1 aliphatic rings. The minimum absolute atomic E-state index is 0. The second kappa shape index (κ2) is 5.62. The third-order valence-electron chi connectivity index (χ3n) is 3.05. The predicted molar refractivity (Wildman–Crippen MR) is 71.2 cm³/mol. The van der Waals surface area contributed by atoms with E-state index >= 15 is 0 Å². The van der Waals surface area contributed by atoms with Gasteiger partial charge in [-0.3, -0.25) is 9.69 Å². The highest BCUT2D eigenvalue weighted by molar-refractivity contribution is 8.93. The normalized spacial score (nSPS) is 24.3. The molecular weight excluding hydrogens is 284 g/mol. The van der Waals surface area contributed by atoms with Gasteiger partial charge in [-0.2, -0.15) is 0 Å². The molecule has 1 aliphatic heterocycles. The lowest BCUT2D eigenvalue weighted by atomic mass is 10.0. The zero-order valence-electron chi connectivity index (χ0n) is 9.50. The Morgan fingerprint density at radius 3 is 2.59 bits per heavy atom. The van der Waals surface area contributed by atoms with Crippen LogP contribution in [0, 0.1) is 0 Å². The van der Waals surface area contributed by atoms with Crippen molar-refractivity contribution >= 4 is 23.0 Å². The van der Waals surface area contributed by atoms with Gasteiger partial charge in [-0.1, -0.05) is 30.3 Å². The topological polar surface area (TPSA) is 66.6 Å². The second-order valence-corrected chi connectivity index (χ2v) is 4.41. The van der Waals surface area contributed by atoms with E-state index < -0.39 is 11.5 Å². The van der Waals surface area contributed by atoms with Crippen LogP contribution < -0.4 is 5.73 Å². The van der Waals surface area contributed by atoms with Gasteiger partial charge in [0, 0.05) is 19.6 Å². The van der Waals surface area contributed by atoms with E-state index in [0.29, 0.717) is 13.0 Å². The van der Waals surface area contributed by atoms with Gasteiger partial charge in [0.1, 0.15) is 5.54 Å². The maximum atomic E-state index is 11.0. The first-order valence-electron chi connectivity index (χ1n) is 5.39. The van der Waals surface area contributed by atoms with E-state index in [-0.39, 0.29) is 17.0 Å². The number of nitrogens with zero attached hydrogens (tertiary/aromatic N) is 1. The Kier molecular flexibility index (Phi) is 4.68. The van der Waals surface area contributed by atoms with Crippen LogP contribution in [0.25, 0.3) is 0 Å². The minimum atomic E-state index is -1.06. The molecule has 1 atom stereocenters. The molecule has 94 valence electrons. The molecule has 5 heteroatoms. The molecule has 1 aromatic carbocycles. The summed E-state index contributed by atoms with van der Waals surface area (Å²) in [6, 6.07) is 10.0. The molecule has 2 rings (SSSR count). The smallest absolute Gasteiger partial charge is 0.325 e. The molecule has 0 aliphatic carbocycles. The lowest BCUT2D eigenvalue weighted by Crippen LogP contribution is -2.50. The summed E-state index contributed by atoms with van der Waals surface area (Å²) in [5.41, 5.74) is 5.94. The van der Waals surface area contributed by atoms with Crippen molar-refractivity contribution in [3.8, 4) is 0 Å². The number of benzene rings is 1. The van der Waals surface area contributed by atoms with Gasteiger partial charge in [0.15, 0.2) is 0 Å². The number of hydrogen-bond donors (Lipinski definition) is 2. The van der Waals surface area contributed by atoms with E-state index in [1.807, 2.05) is 30.3 Å². The first-order chi connectivity index (χ1) is 7.60. The maximum absolute atomic E-state index is 11.0. The van der Waals surface area contributed by atoms with Crippen LogP contribution >= 0.6 is 17.0 Å². The van der Waals surface area contributed by atoms with Gasteiger partial charge in [-0.15, -0.1) is 17.0 Å². The number of halogens is 1. The first-order valence-corrected chi connectivity index (χ1v) is 5.39.